The van der Waals surface area contributed by atoms with Crippen LogP contribution in [0.2, 0.25) is 5.02 Å². The van der Waals surface area contributed by atoms with Gasteiger partial charge in [0.15, 0.2) is 0 Å². The molecule has 2 aliphatic rings. The van der Waals surface area contributed by atoms with Gasteiger partial charge in [0, 0.05) is 42.5 Å². The Bertz CT molecular complexity index is 864. The first-order valence-corrected chi connectivity index (χ1v) is 10.3. The number of halogens is 1. The Hall–Kier alpha value is -2.57. The van der Waals surface area contributed by atoms with Crippen LogP contribution < -0.4 is 15.5 Å². The van der Waals surface area contributed by atoms with Crippen LogP contribution in [0.1, 0.15) is 19.3 Å². The van der Waals surface area contributed by atoms with Gasteiger partial charge in [0.2, 0.25) is 11.8 Å². The smallest absolute Gasteiger partial charge is 0.247 e. The molecular weight excluding hydrogens is 388 g/mol. The molecule has 2 heterocycles. The molecule has 7 heteroatoms. The van der Waals surface area contributed by atoms with E-state index in [9.17, 15) is 9.59 Å². The number of carbonyl (C=O) groups excluding carboxylic acids is 2. The van der Waals surface area contributed by atoms with Gasteiger partial charge in [-0.25, -0.2) is 0 Å². The molecule has 1 spiro atoms. The third kappa shape index (κ3) is 4.23. The number of nitrogens with zero attached hydrogens (tertiary/aromatic N) is 2. The molecule has 2 N–H and O–H groups in total. The summed E-state index contributed by atoms with van der Waals surface area (Å²) in [5.41, 5.74) is 1.34. The molecule has 152 valence electrons. The van der Waals surface area contributed by atoms with Crippen molar-refractivity contribution in [2.75, 3.05) is 36.5 Å². The fourth-order valence-electron chi connectivity index (χ4n) is 4.20. The normalized spacial score (nSPS) is 18.7. The molecule has 0 unspecified atom stereocenters. The van der Waals surface area contributed by atoms with Gasteiger partial charge in [-0.3, -0.25) is 9.59 Å². The van der Waals surface area contributed by atoms with Gasteiger partial charge in [0.05, 0.1) is 6.67 Å². The van der Waals surface area contributed by atoms with E-state index >= 15 is 0 Å². The first-order chi connectivity index (χ1) is 14.1. The minimum atomic E-state index is -0.483. The Morgan fingerprint density at radius 3 is 2.45 bits per heavy atom. The van der Waals surface area contributed by atoms with Crippen molar-refractivity contribution in [1.82, 2.24) is 10.2 Å². The molecule has 29 heavy (non-hydrogen) atoms. The lowest BCUT2D eigenvalue weighted by Crippen LogP contribution is -2.56. The average Bonchev–Trinajstić information content (AvgIpc) is 3.06. The van der Waals surface area contributed by atoms with E-state index in [0.29, 0.717) is 24.7 Å². The van der Waals surface area contributed by atoms with Crippen LogP contribution >= 0.6 is 11.6 Å². The van der Waals surface area contributed by atoms with Crippen LogP contribution in [0, 0.1) is 0 Å². The number of nitrogens with one attached hydrogen (secondary N) is 2. The zero-order chi connectivity index (χ0) is 20.3. The summed E-state index contributed by atoms with van der Waals surface area (Å²) in [6.45, 7) is 2.82. The van der Waals surface area contributed by atoms with Crippen molar-refractivity contribution in [3.8, 4) is 0 Å². The molecule has 2 aromatic rings. The quantitative estimate of drug-likeness (QED) is 0.792. The minimum absolute atomic E-state index is 0.0165. The van der Waals surface area contributed by atoms with Gasteiger partial charge in [-0.1, -0.05) is 29.8 Å². The highest BCUT2D eigenvalue weighted by molar-refractivity contribution is 6.30. The van der Waals surface area contributed by atoms with E-state index in [1.54, 1.807) is 24.3 Å². The van der Waals surface area contributed by atoms with E-state index in [2.05, 4.69) is 32.6 Å². The molecule has 4 rings (SSSR count). The van der Waals surface area contributed by atoms with Crippen molar-refractivity contribution in [1.29, 1.82) is 0 Å². The largest absolute Gasteiger partial charge is 0.339 e. The Morgan fingerprint density at radius 2 is 1.76 bits per heavy atom. The van der Waals surface area contributed by atoms with Crippen LogP contribution in [-0.2, 0) is 9.59 Å². The van der Waals surface area contributed by atoms with Gasteiger partial charge < -0.3 is 20.4 Å². The SMILES string of the molecule is O=C(CCN1CCC2(CC1)C(=O)NCN2c1ccccc1)Nc1ccc(Cl)cc1. The number of piperidine rings is 1. The lowest BCUT2D eigenvalue weighted by atomic mass is 9.85. The van der Waals surface area contributed by atoms with Crippen LogP contribution in [0.4, 0.5) is 11.4 Å². The van der Waals surface area contributed by atoms with Crippen molar-refractivity contribution >= 4 is 34.8 Å². The average molecular weight is 413 g/mol. The predicted molar refractivity (Wildman–Crippen MR) is 115 cm³/mol. The zero-order valence-corrected chi connectivity index (χ0v) is 17.0. The Balaban J connectivity index is 1.31. The summed E-state index contributed by atoms with van der Waals surface area (Å²) in [5.74, 6) is 0.0959. The first kappa shape index (κ1) is 19.7. The Morgan fingerprint density at radius 1 is 1.07 bits per heavy atom. The predicted octanol–water partition coefficient (Wildman–Crippen LogP) is 3.10. The molecule has 0 saturated carbocycles. The van der Waals surface area contributed by atoms with E-state index in [1.165, 1.54) is 0 Å². The van der Waals surface area contributed by atoms with Gasteiger partial charge in [0.1, 0.15) is 5.54 Å². The molecule has 6 nitrogen and oxygen atoms in total. The lowest BCUT2D eigenvalue weighted by molar-refractivity contribution is -0.125. The van der Waals surface area contributed by atoms with Gasteiger partial charge in [-0.2, -0.15) is 0 Å². The molecule has 2 fully saturated rings. The van der Waals surface area contributed by atoms with E-state index < -0.39 is 5.54 Å². The van der Waals surface area contributed by atoms with Gasteiger partial charge in [-0.05, 0) is 49.2 Å². The van der Waals surface area contributed by atoms with Crippen molar-refractivity contribution in [2.45, 2.75) is 24.8 Å². The number of carbonyl (C=O) groups is 2. The number of rotatable bonds is 5. The highest BCUT2D eigenvalue weighted by atomic mass is 35.5. The topological polar surface area (TPSA) is 64.7 Å². The van der Waals surface area contributed by atoms with Crippen molar-refractivity contribution < 1.29 is 9.59 Å². The van der Waals surface area contributed by atoms with Crippen LogP contribution in [0.3, 0.4) is 0 Å². The van der Waals surface area contributed by atoms with E-state index in [-0.39, 0.29) is 11.8 Å². The minimum Gasteiger partial charge on any atom is -0.339 e. The first-order valence-electron chi connectivity index (χ1n) is 9.96. The zero-order valence-electron chi connectivity index (χ0n) is 16.2. The Kier molecular flexibility index (Phi) is 5.74. The third-order valence-electron chi connectivity index (χ3n) is 5.87. The lowest BCUT2D eigenvalue weighted by Gasteiger charge is -2.43. The van der Waals surface area contributed by atoms with Crippen molar-refractivity contribution in [3.05, 3.63) is 59.6 Å². The second-order valence-electron chi connectivity index (χ2n) is 7.61. The van der Waals surface area contributed by atoms with Gasteiger partial charge in [0.25, 0.3) is 0 Å². The summed E-state index contributed by atoms with van der Waals surface area (Å²) in [5, 5.41) is 6.56. The maximum absolute atomic E-state index is 12.7. The summed E-state index contributed by atoms with van der Waals surface area (Å²) in [6, 6.07) is 17.2. The molecule has 2 aliphatic heterocycles. The van der Waals surface area contributed by atoms with E-state index in [1.807, 2.05) is 18.2 Å². The highest BCUT2D eigenvalue weighted by Gasteiger charge is 2.50. The Labute approximate surface area is 175 Å². The maximum Gasteiger partial charge on any atom is 0.247 e. The summed E-state index contributed by atoms with van der Waals surface area (Å²) in [7, 11) is 0. The molecule has 2 amide bonds. The number of amides is 2. The number of likely N-dealkylation sites (tertiary alicyclic amines) is 1. The summed E-state index contributed by atoms with van der Waals surface area (Å²) >= 11 is 5.87. The van der Waals surface area contributed by atoms with E-state index in [4.69, 9.17) is 11.6 Å². The number of anilines is 2. The molecular formula is C22H25ClN4O2. The maximum atomic E-state index is 12.7. The fraction of sp³-hybridized carbons (Fsp3) is 0.364. The second-order valence-corrected chi connectivity index (χ2v) is 8.04. The summed E-state index contributed by atoms with van der Waals surface area (Å²) in [4.78, 5) is 29.4. The summed E-state index contributed by atoms with van der Waals surface area (Å²) < 4.78 is 0. The molecule has 2 saturated heterocycles. The number of para-hydroxylation sites is 1. The van der Waals surface area contributed by atoms with Gasteiger partial charge in [-0.15, -0.1) is 0 Å². The van der Waals surface area contributed by atoms with Crippen LogP contribution in [0.5, 0.6) is 0 Å². The summed E-state index contributed by atoms with van der Waals surface area (Å²) in [6.07, 6.45) is 1.93. The standard InChI is InChI=1S/C22H25ClN4O2/c23-17-6-8-18(9-7-17)25-20(28)10-13-26-14-11-22(12-15-26)21(29)24-16-27(22)19-4-2-1-3-5-19/h1-9H,10-16H2,(H,24,29)(H,25,28). The molecule has 0 radical (unpaired) electrons. The van der Waals surface area contributed by atoms with E-state index in [0.717, 1.165) is 37.3 Å². The fourth-order valence-corrected chi connectivity index (χ4v) is 4.32. The number of hydrogen-bond acceptors (Lipinski definition) is 4. The monoisotopic (exact) mass is 412 g/mol. The molecule has 2 aromatic carbocycles. The van der Waals surface area contributed by atoms with Crippen molar-refractivity contribution in [3.63, 3.8) is 0 Å². The van der Waals surface area contributed by atoms with Gasteiger partial charge >= 0.3 is 0 Å². The van der Waals surface area contributed by atoms with Crippen molar-refractivity contribution in [2.24, 2.45) is 0 Å². The second kappa shape index (κ2) is 8.43. The number of benzene rings is 2. The molecule has 0 aromatic heterocycles. The number of hydrogen-bond donors (Lipinski definition) is 2. The molecule has 0 bridgehead atoms. The molecule has 0 aliphatic carbocycles. The van der Waals surface area contributed by atoms with Crippen LogP contribution in [0.15, 0.2) is 54.6 Å². The molecule has 0 atom stereocenters. The van der Waals surface area contributed by atoms with Crippen LogP contribution in [0.25, 0.3) is 0 Å². The van der Waals surface area contributed by atoms with Crippen LogP contribution in [-0.4, -0.2) is 48.6 Å². The third-order valence-corrected chi connectivity index (χ3v) is 6.12. The highest BCUT2D eigenvalue weighted by Crippen LogP contribution is 2.36.